The molecule has 0 bridgehead atoms. The van der Waals surface area contributed by atoms with Crippen molar-refractivity contribution in [3.8, 4) is 0 Å². The molecule has 0 aliphatic heterocycles. The van der Waals surface area contributed by atoms with Crippen LogP contribution in [0.25, 0.3) is 0 Å². The molecule has 0 unspecified atom stereocenters. The molecule has 2 heterocycles. The van der Waals surface area contributed by atoms with E-state index >= 15 is 0 Å². The standard InChI is InChI=1S/2C6H6ClN/c1-5-2-3-6(7)4-8-5;1-5-3-2-4-6(7)8-5/h2*2-4H,1H3. The van der Waals surface area contributed by atoms with Gasteiger partial charge in [-0.3, -0.25) is 4.98 Å². The molecule has 0 saturated heterocycles. The van der Waals surface area contributed by atoms with E-state index < -0.39 is 0 Å². The van der Waals surface area contributed by atoms with Crippen molar-refractivity contribution >= 4 is 23.2 Å². The fraction of sp³-hybridized carbons (Fsp3) is 0.167. The first kappa shape index (κ1) is 12.9. The molecule has 0 N–H and O–H groups in total. The average Bonchev–Trinajstić information content (AvgIpc) is 2.23. The van der Waals surface area contributed by atoms with Crippen LogP contribution in [-0.2, 0) is 0 Å². The van der Waals surface area contributed by atoms with Gasteiger partial charge in [-0.2, -0.15) is 0 Å². The molecule has 0 atom stereocenters. The highest BCUT2D eigenvalue weighted by Crippen LogP contribution is 2.04. The highest BCUT2D eigenvalue weighted by atomic mass is 35.5. The number of nitrogens with zero attached hydrogens (tertiary/aromatic N) is 2. The maximum Gasteiger partial charge on any atom is 0.129 e. The molecule has 4 heteroatoms. The molecule has 2 nitrogen and oxygen atoms in total. The van der Waals surface area contributed by atoms with Crippen molar-refractivity contribution in [1.82, 2.24) is 9.97 Å². The molecule has 0 fully saturated rings. The maximum atomic E-state index is 5.55. The number of halogens is 2. The molecule has 0 aliphatic carbocycles. The fourth-order valence-corrected chi connectivity index (χ4v) is 1.28. The third-order valence-electron chi connectivity index (χ3n) is 1.73. The van der Waals surface area contributed by atoms with Crippen LogP contribution in [0.3, 0.4) is 0 Å². The van der Waals surface area contributed by atoms with Gasteiger partial charge in [-0.25, -0.2) is 4.98 Å². The van der Waals surface area contributed by atoms with E-state index in [1.165, 1.54) is 0 Å². The summed E-state index contributed by atoms with van der Waals surface area (Å²) in [5.74, 6) is 0. The molecule has 0 spiro atoms. The molecule has 84 valence electrons. The van der Waals surface area contributed by atoms with Gasteiger partial charge in [0.15, 0.2) is 0 Å². The monoisotopic (exact) mass is 254 g/mol. The van der Waals surface area contributed by atoms with E-state index in [4.69, 9.17) is 23.2 Å². The van der Waals surface area contributed by atoms with Gasteiger partial charge in [0.1, 0.15) is 5.15 Å². The summed E-state index contributed by atoms with van der Waals surface area (Å²) in [5.41, 5.74) is 1.95. The highest BCUT2D eigenvalue weighted by molar-refractivity contribution is 6.30. The van der Waals surface area contributed by atoms with Crippen LogP contribution in [0.5, 0.6) is 0 Å². The highest BCUT2D eigenvalue weighted by Gasteiger charge is 1.84. The zero-order valence-corrected chi connectivity index (χ0v) is 10.6. The first-order valence-electron chi connectivity index (χ1n) is 4.75. The lowest BCUT2D eigenvalue weighted by Gasteiger charge is -1.88. The number of rotatable bonds is 0. The third kappa shape index (κ3) is 5.10. The van der Waals surface area contributed by atoms with E-state index in [0.717, 1.165) is 11.4 Å². The number of aryl methyl sites for hydroxylation is 2. The Morgan fingerprint density at radius 2 is 1.69 bits per heavy atom. The molecular weight excluding hydrogens is 243 g/mol. The molecular formula is C12H12Cl2N2. The Balaban J connectivity index is 0.000000160. The van der Waals surface area contributed by atoms with E-state index in [2.05, 4.69) is 9.97 Å². The fourth-order valence-electron chi connectivity index (χ4n) is 0.960. The number of aromatic nitrogens is 2. The normalized spacial score (nSPS) is 9.25. The first-order valence-corrected chi connectivity index (χ1v) is 5.51. The second-order valence-electron chi connectivity index (χ2n) is 3.22. The van der Waals surface area contributed by atoms with Gasteiger partial charge < -0.3 is 0 Å². The van der Waals surface area contributed by atoms with Crippen LogP contribution in [-0.4, -0.2) is 9.97 Å². The van der Waals surface area contributed by atoms with Crippen molar-refractivity contribution in [2.75, 3.05) is 0 Å². The van der Waals surface area contributed by atoms with Crippen LogP contribution in [0.4, 0.5) is 0 Å². The molecule has 0 saturated carbocycles. The van der Waals surface area contributed by atoms with Gasteiger partial charge in [-0.15, -0.1) is 0 Å². The Kier molecular flexibility index (Phi) is 5.23. The van der Waals surface area contributed by atoms with Crippen molar-refractivity contribution in [2.24, 2.45) is 0 Å². The number of hydrogen-bond donors (Lipinski definition) is 0. The zero-order valence-electron chi connectivity index (χ0n) is 9.11. The lowest BCUT2D eigenvalue weighted by Crippen LogP contribution is -1.76. The summed E-state index contributed by atoms with van der Waals surface area (Å²) in [5, 5.41) is 1.25. The Morgan fingerprint density at radius 3 is 2.06 bits per heavy atom. The van der Waals surface area contributed by atoms with Crippen LogP contribution in [0.2, 0.25) is 10.2 Å². The van der Waals surface area contributed by atoms with E-state index in [0.29, 0.717) is 10.2 Å². The SMILES string of the molecule is Cc1ccc(Cl)cn1.Cc1cccc(Cl)n1. The van der Waals surface area contributed by atoms with Crippen LogP contribution in [0.1, 0.15) is 11.4 Å². The lowest BCUT2D eigenvalue weighted by molar-refractivity contribution is 1.20. The molecule has 2 aromatic rings. The maximum absolute atomic E-state index is 5.55. The van der Waals surface area contributed by atoms with Crippen LogP contribution in [0.15, 0.2) is 36.5 Å². The molecule has 0 radical (unpaired) electrons. The quantitative estimate of drug-likeness (QED) is 0.662. The number of pyridine rings is 2. The summed E-state index contributed by atoms with van der Waals surface area (Å²) < 4.78 is 0. The molecule has 2 rings (SSSR count). The summed E-state index contributed by atoms with van der Waals surface area (Å²) >= 11 is 11.1. The number of hydrogen-bond acceptors (Lipinski definition) is 2. The molecule has 0 aliphatic rings. The topological polar surface area (TPSA) is 25.8 Å². The Labute approximate surface area is 105 Å². The van der Waals surface area contributed by atoms with Crippen molar-refractivity contribution < 1.29 is 0 Å². The summed E-state index contributed by atoms with van der Waals surface area (Å²) in [6.45, 7) is 3.84. The lowest BCUT2D eigenvalue weighted by atomic mass is 10.4. The Hall–Kier alpha value is -1.12. The zero-order chi connectivity index (χ0) is 12.0. The van der Waals surface area contributed by atoms with Gasteiger partial charge in [0.05, 0.1) is 5.02 Å². The van der Waals surface area contributed by atoms with Crippen molar-refractivity contribution in [1.29, 1.82) is 0 Å². The van der Waals surface area contributed by atoms with Crippen molar-refractivity contribution in [3.63, 3.8) is 0 Å². The largest absolute Gasteiger partial charge is 0.260 e. The van der Waals surface area contributed by atoms with E-state index in [9.17, 15) is 0 Å². The summed E-state index contributed by atoms with van der Waals surface area (Å²) in [6, 6.07) is 9.25. The smallest absolute Gasteiger partial charge is 0.129 e. The van der Waals surface area contributed by atoms with Crippen LogP contribution >= 0.6 is 23.2 Å². The summed E-state index contributed by atoms with van der Waals surface area (Å²) in [7, 11) is 0. The summed E-state index contributed by atoms with van der Waals surface area (Å²) in [4.78, 5) is 7.89. The molecule has 16 heavy (non-hydrogen) atoms. The van der Waals surface area contributed by atoms with Crippen LogP contribution in [0, 0.1) is 13.8 Å². The van der Waals surface area contributed by atoms with Gasteiger partial charge in [0, 0.05) is 17.6 Å². The van der Waals surface area contributed by atoms with Crippen LogP contribution < -0.4 is 0 Å². The second-order valence-corrected chi connectivity index (χ2v) is 4.04. The van der Waals surface area contributed by atoms with Crippen molar-refractivity contribution in [3.05, 3.63) is 58.1 Å². The van der Waals surface area contributed by atoms with Gasteiger partial charge in [0.2, 0.25) is 0 Å². The Bertz CT molecular complexity index is 403. The summed E-state index contributed by atoms with van der Waals surface area (Å²) in [6.07, 6.45) is 1.64. The van der Waals surface area contributed by atoms with E-state index in [-0.39, 0.29) is 0 Å². The second kappa shape index (κ2) is 6.46. The average molecular weight is 255 g/mol. The van der Waals surface area contributed by atoms with Gasteiger partial charge >= 0.3 is 0 Å². The molecule has 0 aromatic carbocycles. The van der Waals surface area contributed by atoms with Crippen molar-refractivity contribution in [2.45, 2.75) is 13.8 Å². The third-order valence-corrected chi connectivity index (χ3v) is 2.16. The minimum absolute atomic E-state index is 0.560. The van der Waals surface area contributed by atoms with Gasteiger partial charge in [-0.1, -0.05) is 29.3 Å². The molecule has 2 aromatic heterocycles. The van der Waals surface area contributed by atoms with E-state index in [1.54, 1.807) is 12.3 Å². The molecule has 0 amide bonds. The minimum atomic E-state index is 0.560. The Morgan fingerprint density at radius 1 is 0.938 bits per heavy atom. The van der Waals surface area contributed by atoms with E-state index in [1.807, 2.05) is 38.1 Å². The van der Waals surface area contributed by atoms with Gasteiger partial charge in [-0.05, 0) is 38.1 Å². The predicted octanol–water partition coefficient (Wildman–Crippen LogP) is 4.09. The van der Waals surface area contributed by atoms with Gasteiger partial charge in [0.25, 0.3) is 0 Å². The predicted molar refractivity (Wildman–Crippen MR) is 68.0 cm³/mol. The minimum Gasteiger partial charge on any atom is -0.260 e. The first-order chi connectivity index (χ1) is 7.58.